The lowest BCUT2D eigenvalue weighted by molar-refractivity contribution is -0.274. The fraction of sp³-hybridized carbons (Fsp3) is 0.333. The number of nitrogens with two attached hydrogens (primary N) is 1. The molecule has 37 heavy (non-hydrogen) atoms. The lowest BCUT2D eigenvalue weighted by atomic mass is 10.0. The van der Waals surface area contributed by atoms with Gasteiger partial charge in [0.1, 0.15) is 17.4 Å². The highest BCUT2D eigenvalue weighted by atomic mass is 19.4. The molecule has 0 radical (unpaired) electrons. The van der Waals surface area contributed by atoms with Crippen LogP contribution in [0.4, 0.5) is 17.6 Å². The van der Waals surface area contributed by atoms with Crippen LogP contribution in [0, 0.1) is 0 Å². The quantitative estimate of drug-likeness (QED) is 0.479. The van der Waals surface area contributed by atoms with Gasteiger partial charge in [-0.15, -0.1) is 13.2 Å². The largest absolute Gasteiger partial charge is 0.573 e. The van der Waals surface area contributed by atoms with Crippen molar-refractivity contribution < 1.29 is 36.6 Å². The van der Waals surface area contributed by atoms with Gasteiger partial charge in [-0.3, -0.25) is 9.59 Å². The molecule has 1 aliphatic heterocycles. The molecule has 0 bridgehead atoms. The van der Waals surface area contributed by atoms with E-state index in [9.17, 15) is 27.2 Å². The summed E-state index contributed by atoms with van der Waals surface area (Å²) in [5.74, 6) is -1.69. The van der Waals surface area contributed by atoms with Crippen LogP contribution in [0.15, 0.2) is 49.1 Å². The first kappa shape index (κ1) is 25.9. The third kappa shape index (κ3) is 6.54. The summed E-state index contributed by atoms with van der Waals surface area (Å²) in [6, 6.07) is 6.37. The van der Waals surface area contributed by atoms with Crippen molar-refractivity contribution in [1.82, 2.24) is 19.4 Å². The number of carbonyl (C=O) groups excluding carboxylic acids is 2. The number of aryl methyl sites for hydroxylation is 1. The molecule has 3 aromatic rings. The van der Waals surface area contributed by atoms with Gasteiger partial charge < -0.3 is 24.7 Å². The van der Waals surface area contributed by atoms with Crippen LogP contribution in [0.1, 0.15) is 22.3 Å². The minimum Gasteiger partial charge on any atom is -0.471 e. The first-order valence-corrected chi connectivity index (χ1v) is 11.2. The normalized spacial score (nSPS) is 17.9. The number of ether oxygens (including phenoxy) is 2. The van der Waals surface area contributed by atoms with E-state index in [1.54, 1.807) is 24.1 Å². The van der Waals surface area contributed by atoms with Crippen LogP contribution in [0.25, 0.3) is 11.3 Å². The second-order valence-corrected chi connectivity index (χ2v) is 8.53. The van der Waals surface area contributed by atoms with E-state index < -0.39 is 30.3 Å². The highest BCUT2D eigenvalue weighted by Crippen LogP contribution is 2.27. The summed E-state index contributed by atoms with van der Waals surface area (Å²) in [7, 11) is 1.79. The predicted octanol–water partition coefficient (Wildman–Crippen LogP) is 3.04. The second kappa shape index (κ2) is 10.4. The maximum atomic E-state index is 15.0. The Morgan fingerprint density at radius 2 is 1.92 bits per heavy atom. The molecule has 13 heteroatoms. The van der Waals surface area contributed by atoms with Gasteiger partial charge in [-0.25, -0.2) is 14.4 Å². The summed E-state index contributed by atoms with van der Waals surface area (Å²) in [6.07, 6.45) is -2.57. The summed E-state index contributed by atoms with van der Waals surface area (Å²) >= 11 is 0. The van der Waals surface area contributed by atoms with E-state index in [1.807, 2.05) is 0 Å². The maximum absolute atomic E-state index is 15.0. The molecular formula is C24H23F4N5O4. The molecular weight excluding hydrogens is 498 g/mol. The van der Waals surface area contributed by atoms with E-state index in [-0.39, 0.29) is 43.3 Å². The average Bonchev–Trinajstić information content (AvgIpc) is 3.27. The standard InChI is InChI=1S/C24H23F4N5O4/c1-32-12-19(31-13-32)15-9-17(22(29)35)23(30-10-15)36-20-6-7-33(11-18(20)25)21(34)8-14-2-4-16(5-3-14)37-24(26,27)28/h2-5,9-10,12-13,18,20H,6-8,11H2,1H3,(H2,29,35)/t18-,20-/m1/s1. The molecule has 1 aromatic carbocycles. The number of benzene rings is 1. The number of carbonyl (C=O) groups is 2. The molecule has 2 aromatic heterocycles. The Balaban J connectivity index is 1.37. The van der Waals surface area contributed by atoms with Crippen LogP contribution in [-0.4, -0.2) is 63.0 Å². The van der Waals surface area contributed by atoms with E-state index in [2.05, 4.69) is 14.7 Å². The van der Waals surface area contributed by atoms with Gasteiger partial charge in [0.2, 0.25) is 11.8 Å². The zero-order valence-corrected chi connectivity index (χ0v) is 19.6. The van der Waals surface area contributed by atoms with Gasteiger partial charge in [0.05, 0.1) is 25.0 Å². The first-order valence-electron chi connectivity index (χ1n) is 11.2. The van der Waals surface area contributed by atoms with Crippen LogP contribution in [0.5, 0.6) is 11.6 Å². The highest BCUT2D eigenvalue weighted by molar-refractivity contribution is 5.96. The van der Waals surface area contributed by atoms with E-state index in [0.717, 1.165) is 12.1 Å². The number of primary amides is 1. The molecule has 0 spiro atoms. The van der Waals surface area contributed by atoms with Crippen molar-refractivity contribution in [2.24, 2.45) is 12.8 Å². The third-order valence-corrected chi connectivity index (χ3v) is 5.73. The molecule has 3 heterocycles. The molecule has 0 saturated carbocycles. The Bertz CT molecular complexity index is 1280. The van der Waals surface area contributed by atoms with Gasteiger partial charge in [0.15, 0.2) is 6.17 Å². The van der Waals surface area contributed by atoms with Crippen LogP contribution in [0.3, 0.4) is 0 Å². The van der Waals surface area contributed by atoms with Gasteiger partial charge in [-0.05, 0) is 23.8 Å². The molecule has 0 unspecified atom stereocenters. The zero-order chi connectivity index (χ0) is 26.7. The molecule has 9 nitrogen and oxygen atoms in total. The van der Waals surface area contributed by atoms with Crippen molar-refractivity contribution in [3.8, 4) is 22.9 Å². The molecule has 1 fully saturated rings. The van der Waals surface area contributed by atoms with Crippen molar-refractivity contribution in [2.45, 2.75) is 31.5 Å². The highest BCUT2D eigenvalue weighted by Gasteiger charge is 2.34. The molecule has 0 aliphatic carbocycles. The summed E-state index contributed by atoms with van der Waals surface area (Å²) in [6.45, 7) is -0.0756. The number of rotatable bonds is 7. The SMILES string of the molecule is Cn1cnc(-c2cnc(O[C@@H]3CCN(C(=O)Cc4ccc(OC(F)(F)F)cc4)C[C@H]3F)c(C(N)=O)c2)c1. The minimum absolute atomic E-state index is 0.0215. The van der Waals surface area contributed by atoms with Crippen LogP contribution in [-0.2, 0) is 18.3 Å². The monoisotopic (exact) mass is 521 g/mol. The van der Waals surface area contributed by atoms with E-state index in [1.165, 1.54) is 29.3 Å². The lowest BCUT2D eigenvalue weighted by Crippen LogP contribution is -2.49. The van der Waals surface area contributed by atoms with Gasteiger partial charge in [-0.1, -0.05) is 12.1 Å². The molecule has 4 rings (SSSR count). The van der Waals surface area contributed by atoms with Crippen molar-refractivity contribution in [3.63, 3.8) is 0 Å². The predicted molar refractivity (Wildman–Crippen MR) is 122 cm³/mol. The second-order valence-electron chi connectivity index (χ2n) is 8.53. The Kier molecular flexibility index (Phi) is 7.32. The maximum Gasteiger partial charge on any atom is 0.573 e. The van der Waals surface area contributed by atoms with E-state index >= 15 is 0 Å². The molecule has 1 aliphatic rings. The van der Waals surface area contributed by atoms with Crippen molar-refractivity contribution in [3.05, 3.63) is 60.2 Å². The number of hydrogen-bond acceptors (Lipinski definition) is 6. The van der Waals surface area contributed by atoms with Crippen molar-refractivity contribution >= 4 is 11.8 Å². The Hall–Kier alpha value is -4.16. The van der Waals surface area contributed by atoms with Crippen LogP contribution < -0.4 is 15.2 Å². The molecule has 2 atom stereocenters. The minimum atomic E-state index is -4.81. The average molecular weight is 521 g/mol. The van der Waals surface area contributed by atoms with Gasteiger partial charge in [-0.2, -0.15) is 0 Å². The van der Waals surface area contributed by atoms with Gasteiger partial charge >= 0.3 is 6.36 Å². The number of pyridine rings is 1. The van der Waals surface area contributed by atoms with Crippen LogP contribution >= 0.6 is 0 Å². The fourth-order valence-electron chi connectivity index (χ4n) is 3.91. The number of nitrogens with zero attached hydrogens (tertiary/aromatic N) is 4. The molecule has 196 valence electrons. The Morgan fingerprint density at radius 3 is 2.51 bits per heavy atom. The summed E-state index contributed by atoms with van der Waals surface area (Å²) in [5, 5.41) is 0. The number of halogens is 4. The summed E-state index contributed by atoms with van der Waals surface area (Å²) in [5.41, 5.74) is 7.03. The molecule has 1 saturated heterocycles. The van der Waals surface area contributed by atoms with E-state index in [0.29, 0.717) is 16.8 Å². The van der Waals surface area contributed by atoms with Crippen molar-refractivity contribution in [2.75, 3.05) is 13.1 Å². The van der Waals surface area contributed by atoms with Gasteiger partial charge in [0.25, 0.3) is 5.91 Å². The third-order valence-electron chi connectivity index (χ3n) is 5.73. The number of piperidine rings is 1. The lowest BCUT2D eigenvalue weighted by Gasteiger charge is -2.34. The number of alkyl halides is 4. The number of imidazole rings is 1. The number of aromatic nitrogens is 3. The number of amides is 2. The molecule has 2 amide bonds. The summed E-state index contributed by atoms with van der Waals surface area (Å²) in [4.78, 5) is 34.3. The van der Waals surface area contributed by atoms with Gasteiger partial charge in [0, 0.05) is 38.0 Å². The van der Waals surface area contributed by atoms with Crippen molar-refractivity contribution in [1.29, 1.82) is 0 Å². The van der Waals surface area contributed by atoms with Crippen LogP contribution in [0.2, 0.25) is 0 Å². The number of hydrogen-bond donors (Lipinski definition) is 1. The Labute approximate surface area is 208 Å². The number of likely N-dealkylation sites (tertiary alicyclic amines) is 1. The molecule has 2 N–H and O–H groups in total. The fourth-order valence-corrected chi connectivity index (χ4v) is 3.91. The zero-order valence-electron chi connectivity index (χ0n) is 19.6. The first-order chi connectivity index (χ1) is 17.5. The smallest absolute Gasteiger partial charge is 0.471 e. The van der Waals surface area contributed by atoms with E-state index in [4.69, 9.17) is 10.5 Å². The summed E-state index contributed by atoms with van der Waals surface area (Å²) < 4.78 is 63.1. The topological polar surface area (TPSA) is 113 Å². The Morgan fingerprint density at radius 1 is 1.19 bits per heavy atom.